The molecule has 0 radical (unpaired) electrons. The second-order valence-corrected chi connectivity index (χ2v) is 8.99. The minimum atomic E-state index is -0.615. The van der Waals surface area contributed by atoms with Crippen molar-refractivity contribution in [1.29, 1.82) is 0 Å². The molecular weight excluding hydrogens is 284 g/mol. The lowest BCUT2D eigenvalue weighted by Crippen LogP contribution is -2.64. The number of aliphatic hydroxyl groups excluding tert-OH is 1. The lowest BCUT2D eigenvalue weighted by molar-refractivity contribution is -0.183. The molecule has 2 saturated carbocycles. The van der Waals surface area contributed by atoms with Crippen LogP contribution < -0.4 is 0 Å². The quantitative estimate of drug-likeness (QED) is 0.722. The predicted molar refractivity (Wildman–Crippen MR) is 96.2 cm³/mol. The SMILES string of the molecule is CC(C)=CC[C@@]12CC[C@@H](O)[C@@](CC=C(C)C)(C1=O)C(C)(C)CC2. The molecule has 0 amide bonds. The van der Waals surface area contributed by atoms with Crippen molar-refractivity contribution >= 4 is 5.78 Å². The molecule has 2 aliphatic carbocycles. The Kier molecular flexibility index (Phi) is 4.97. The summed E-state index contributed by atoms with van der Waals surface area (Å²) in [5, 5.41) is 10.9. The number of hydrogen-bond acceptors (Lipinski definition) is 2. The zero-order valence-electron chi connectivity index (χ0n) is 15.8. The van der Waals surface area contributed by atoms with E-state index in [2.05, 4.69) is 53.7 Å². The highest BCUT2D eigenvalue weighted by molar-refractivity contribution is 5.93. The molecule has 2 rings (SSSR count). The van der Waals surface area contributed by atoms with E-state index in [1.165, 1.54) is 11.1 Å². The topological polar surface area (TPSA) is 37.3 Å². The number of Topliss-reactive ketones (excluding diaryl/α,β-unsaturated/α-hetero) is 1. The largest absolute Gasteiger partial charge is 0.392 e. The van der Waals surface area contributed by atoms with Gasteiger partial charge in [-0.15, -0.1) is 0 Å². The number of carbonyl (C=O) groups excluding carboxylic acids is 1. The molecule has 3 atom stereocenters. The van der Waals surface area contributed by atoms with Crippen molar-refractivity contribution in [2.24, 2.45) is 16.2 Å². The second-order valence-electron chi connectivity index (χ2n) is 8.99. The molecule has 0 unspecified atom stereocenters. The Morgan fingerprint density at radius 1 is 1.04 bits per heavy atom. The summed E-state index contributed by atoms with van der Waals surface area (Å²) >= 11 is 0. The van der Waals surface area contributed by atoms with E-state index in [1.54, 1.807) is 0 Å². The van der Waals surface area contributed by atoms with Gasteiger partial charge in [-0.2, -0.15) is 0 Å². The normalized spacial score (nSPS) is 35.6. The molecule has 0 spiro atoms. The fraction of sp³-hybridized carbons (Fsp3) is 0.762. The number of allylic oxidation sites excluding steroid dienone is 4. The van der Waals surface area contributed by atoms with Crippen LogP contribution in [-0.4, -0.2) is 17.0 Å². The number of hydrogen-bond donors (Lipinski definition) is 1. The third-order valence-corrected chi connectivity index (χ3v) is 6.52. The van der Waals surface area contributed by atoms with Crippen LogP contribution in [-0.2, 0) is 4.79 Å². The first-order chi connectivity index (χ1) is 10.6. The minimum absolute atomic E-state index is 0.148. The molecule has 0 aromatic rings. The Labute approximate surface area is 142 Å². The lowest BCUT2D eigenvalue weighted by atomic mass is 9.42. The Morgan fingerprint density at radius 3 is 2.17 bits per heavy atom. The highest BCUT2D eigenvalue weighted by Gasteiger charge is 2.65. The number of aliphatic hydroxyl groups is 1. The van der Waals surface area contributed by atoms with E-state index in [0.717, 1.165) is 32.1 Å². The Hall–Kier alpha value is -0.890. The fourth-order valence-corrected chi connectivity index (χ4v) is 4.74. The molecular formula is C21H34O2. The van der Waals surface area contributed by atoms with E-state index in [1.807, 2.05) is 0 Å². The number of rotatable bonds is 4. The van der Waals surface area contributed by atoms with Crippen LogP contribution in [0.4, 0.5) is 0 Å². The van der Waals surface area contributed by atoms with Gasteiger partial charge in [-0.25, -0.2) is 0 Å². The Bertz CT molecular complexity index is 532. The number of fused-ring (bicyclic) bond motifs is 2. The van der Waals surface area contributed by atoms with E-state index in [4.69, 9.17) is 0 Å². The molecule has 0 saturated heterocycles. The Balaban J connectivity index is 2.50. The molecule has 2 aliphatic rings. The summed E-state index contributed by atoms with van der Waals surface area (Å²) in [5.74, 6) is 0.329. The van der Waals surface area contributed by atoms with Gasteiger partial charge in [-0.05, 0) is 71.6 Å². The van der Waals surface area contributed by atoms with Crippen LogP contribution >= 0.6 is 0 Å². The van der Waals surface area contributed by atoms with Crippen LogP contribution in [0.1, 0.15) is 80.1 Å². The number of carbonyl (C=O) groups is 1. The van der Waals surface area contributed by atoms with E-state index >= 15 is 0 Å². The number of ketones is 1. The van der Waals surface area contributed by atoms with Crippen LogP contribution in [0, 0.1) is 16.2 Å². The molecule has 0 heterocycles. The summed E-state index contributed by atoms with van der Waals surface area (Å²) in [6.45, 7) is 12.7. The molecule has 130 valence electrons. The molecule has 2 fully saturated rings. The maximum atomic E-state index is 13.7. The van der Waals surface area contributed by atoms with E-state index < -0.39 is 11.5 Å². The predicted octanol–water partition coefficient (Wildman–Crippen LogP) is 5.22. The van der Waals surface area contributed by atoms with Crippen LogP contribution in [0.5, 0.6) is 0 Å². The molecule has 1 N–H and O–H groups in total. The summed E-state index contributed by atoms with van der Waals surface area (Å²) in [6, 6.07) is 0. The van der Waals surface area contributed by atoms with Crippen molar-refractivity contribution in [1.82, 2.24) is 0 Å². The van der Waals surface area contributed by atoms with Gasteiger partial charge in [0.1, 0.15) is 5.78 Å². The average Bonchev–Trinajstić information content (AvgIpc) is 2.44. The first-order valence-corrected chi connectivity index (χ1v) is 9.07. The molecule has 23 heavy (non-hydrogen) atoms. The van der Waals surface area contributed by atoms with Gasteiger partial charge >= 0.3 is 0 Å². The van der Waals surface area contributed by atoms with Gasteiger partial charge in [0.2, 0.25) is 0 Å². The highest BCUT2D eigenvalue weighted by atomic mass is 16.3. The van der Waals surface area contributed by atoms with E-state index in [-0.39, 0.29) is 10.8 Å². The molecule has 2 heteroatoms. The highest BCUT2D eigenvalue weighted by Crippen LogP contribution is 2.63. The van der Waals surface area contributed by atoms with E-state index in [9.17, 15) is 9.90 Å². The second kappa shape index (κ2) is 6.20. The van der Waals surface area contributed by atoms with Crippen molar-refractivity contribution in [3.05, 3.63) is 23.3 Å². The fourth-order valence-electron chi connectivity index (χ4n) is 4.74. The summed E-state index contributed by atoms with van der Waals surface area (Å²) in [7, 11) is 0. The van der Waals surface area contributed by atoms with Crippen molar-refractivity contribution in [3.8, 4) is 0 Å². The summed E-state index contributed by atoms with van der Waals surface area (Å²) in [5.41, 5.74) is 1.49. The third kappa shape index (κ3) is 2.95. The van der Waals surface area contributed by atoms with Gasteiger partial charge in [0.25, 0.3) is 0 Å². The average molecular weight is 319 g/mol. The van der Waals surface area contributed by atoms with Crippen molar-refractivity contribution < 1.29 is 9.90 Å². The lowest BCUT2D eigenvalue weighted by Gasteiger charge is -2.60. The Morgan fingerprint density at radius 2 is 1.61 bits per heavy atom. The first-order valence-electron chi connectivity index (χ1n) is 9.07. The maximum Gasteiger partial charge on any atom is 0.148 e. The summed E-state index contributed by atoms with van der Waals surface area (Å²) < 4.78 is 0. The molecule has 0 aliphatic heterocycles. The smallest absolute Gasteiger partial charge is 0.148 e. The zero-order valence-corrected chi connectivity index (χ0v) is 15.8. The molecule has 2 nitrogen and oxygen atoms in total. The van der Waals surface area contributed by atoms with Crippen LogP contribution in [0.25, 0.3) is 0 Å². The molecule has 0 aromatic carbocycles. The monoisotopic (exact) mass is 318 g/mol. The first kappa shape index (κ1) is 18.4. The van der Waals surface area contributed by atoms with Crippen LogP contribution in [0.2, 0.25) is 0 Å². The maximum absolute atomic E-state index is 13.7. The van der Waals surface area contributed by atoms with Gasteiger partial charge < -0.3 is 5.11 Å². The summed E-state index contributed by atoms with van der Waals surface area (Å²) in [4.78, 5) is 13.7. The van der Waals surface area contributed by atoms with Gasteiger partial charge in [-0.3, -0.25) is 4.79 Å². The minimum Gasteiger partial charge on any atom is -0.392 e. The van der Waals surface area contributed by atoms with Gasteiger partial charge in [0.15, 0.2) is 0 Å². The van der Waals surface area contributed by atoms with Crippen molar-refractivity contribution in [2.75, 3.05) is 0 Å². The molecule has 0 aromatic heterocycles. The van der Waals surface area contributed by atoms with Gasteiger partial charge in [0, 0.05) is 5.41 Å². The van der Waals surface area contributed by atoms with Crippen molar-refractivity contribution in [2.45, 2.75) is 86.2 Å². The zero-order chi connectivity index (χ0) is 17.5. The van der Waals surface area contributed by atoms with E-state index in [0.29, 0.717) is 12.2 Å². The molecule has 2 bridgehead atoms. The van der Waals surface area contributed by atoms with Gasteiger partial charge in [0.05, 0.1) is 11.5 Å². The summed E-state index contributed by atoms with van der Waals surface area (Å²) in [6.07, 6.45) is 8.96. The van der Waals surface area contributed by atoms with Crippen LogP contribution in [0.3, 0.4) is 0 Å². The van der Waals surface area contributed by atoms with Crippen molar-refractivity contribution in [3.63, 3.8) is 0 Å². The standard InChI is InChI=1S/C21H34O2/c1-15(2)7-10-20-11-9-17(22)21(18(20)23,12-8-16(3)4)19(5,6)13-14-20/h7-8,17,22H,9-14H2,1-6H3/t17-,20+,21+/m1/s1. The van der Waals surface area contributed by atoms with Gasteiger partial charge in [-0.1, -0.05) is 37.1 Å². The third-order valence-electron chi connectivity index (χ3n) is 6.52. The van der Waals surface area contributed by atoms with Crippen LogP contribution in [0.15, 0.2) is 23.3 Å².